The molecule has 0 spiro atoms. The van der Waals surface area contributed by atoms with Gasteiger partial charge in [-0.25, -0.2) is 4.39 Å². The van der Waals surface area contributed by atoms with Crippen molar-refractivity contribution in [3.63, 3.8) is 0 Å². The first-order valence-electron chi connectivity index (χ1n) is 3.52. The Morgan fingerprint density at radius 1 is 1.33 bits per heavy atom. The van der Waals surface area contributed by atoms with E-state index in [-0.39, 0.29) is 0 Å². The first-order chi connectivity index (χ1) is 5.57. The van der Waals surface area contributed by atoms with E-state index < -0.39 is 36.5 Å². The van der Waals surface area contributed by atoms with E-state index in [4.69, 9.17) is 20.1 Å². The predicted molar refractivity (Wildman–Crippen MR) is 41.6 cm³/mol. The fraction of sp³-hybridized carbons (Fsp3) is 1.00. The molecule has 0 saturated carbocycles. The van der Waals surface area contributed by atoms with Gasteiger partial charge >= 0.3 is 0 Å². The highest BCUT2D eigenvalue weighted by atomic mass is 32.1. The molecule has 3 N–H and O–H groups in total. The molecule has 0 amide bonds. The second-order valence-electron chi connectivity index (χ2n) is 2.67. The van der Waals surface area contributed by atoms with Gasteiger partial charge in [0.1, 0.15) is 23.7 Å². The molecule has 1 aliphatic heterocycles. The molecule has 4 nitrogen and oxygen atoms in total. The van der Waals surface area contributed by atoms with Crippen LogP contribution in [-0.2, 0) is 4.74 Å². The van der Waals surface area contributed by atoms with Crippen LogP contribution in [0, 0.1) is 0 Å². The molecule has 0 bridgehead atoms. The van der Waals surface area contributed by atoms with Crippen LogP contribution in [0.1, 0.15) is 0 Å². The van der Waals surface area contributed by atoms with Crippen molar-refractivity contribution in [2.45, 2.75) is 29.9 Å². The van der Waals surface area contributed by atoms with Crippen LogP contribution in [0.15, 0.2) is 0 Å². The van der Waals surface area contributed by atoms with Gasteiger partial charge in [0, 0.05) is 0 Å². The van der Waals surface area contributed by atoms with Crippen molar-refractivity contribution in [1.82, 2.24) is 0 Å². The first-order valence-corrected chi connectivity index (χ1v) is 4.04. The Kier molecular flexibility index (Phi) is 3.30. The zero-order valence-electron chi connectivity index (χ0n) is 6.17. The van der Waals surface area contributed by atoms with E-state index >= 15 is 0 Å². The van der Waals surface area contributed by atoms with Crippen molar-refractivity contribution in [2.24, 2.45) is 0 Å². The molecule has 72 valence electrons. The van der Waals surface area contributed by atoms with E-state index in [1.54, 1.807) is 0 Å². The Bertz CT molecular complexity index is 154. The van der Waals surface area contributed by atoms with Crippen LogP contribution in [0.2, 0.25) is 0 Å². The molecule has 0 unspecified atom stereocenters. The van der Waals surface area contributed by atoms with Crippen LogP contribution in [0.25, 0.3) is 0 Å². The second-order valence-corrected chi connectivity index (χ2v) is 3.18. The van der Waals surface area contributed by atoms with E-state index in [2.05, 4.69) is 12.6 Å². The highest BCUT2D eigenvalue weighted by Gasteiger charge is 2.42. The molecular formula is C6H11FO4S. The van der Waals surface area contributed by atoms with Gasteiger partial charge in [0.2, 0.25) is 0 Å². The molecule has 0 aromatic rings. The third kappa shape index (κ3) is 1.72. The third-order valence-electron chi connectivity index (χ3n) is 1.82. The molecule has 0 radical (unpaired) electrons. The van der Waals surface area contributed by atoms with Crippen LogP contribution >= 0.6 is 12.6 Å². The maximum Gasteiger partial charge on any atom is 0.164 e. The van der Waals surface area contributed by atoms with Crippen molar-refractivity contribution in [1.29, 1.82) is 0 Å². The minimum atomic E-state index is -1.73. The summed E-state index contributed by atoms with van der Waals surface area (Å²) >= 11 is 3.69. The molecule has 1 fully saturated rings. The smallest absolute Gasteiger partial charge is 0.164 e. The lowest BCUT2D eigenvalue weighted by Gasteiger charge is -2.36. The summed E-state index contributed by atoms with van der Waals surface area (Å²) in [6, 6.07) is 0. The normalized spacial score (nSPS) is 49.2. The highest BCUT2D eigenvalue weighted by molar-refractivity contribution is 7.80. The highest BCUT2D eigenvalue weighted by Crippen LogP contribution is 2.25. The largest absolute Gasteiger partial charge is 0.394 e. The molecule has 0 aliphatic carbocycles. The molecule has 6 heteroatoms. The zero-order valence-corrected chi connectivity index (χ0v) is 7.06. The van der Waals surface area contributed by atoms with Crippen LogP contribution < -0.4 is 0 Å². The van der Waals surface area contributed by atoms with Gasteiger partial charge in [0.05, 0.1) is 6.61 Å². The second kappa shape index (κ2) is 3.89. The fourth-order valence-electron chi connectivity index (χ4n) is 1.06. The van der Waals surface area contributed by atoms with E-state index in [0.29, 0.717) is 0 Å². The van der Waals surface area contributed by atoms with Crippen LogP contribution in [0.3, 0.4) is 0 Å². The lowest BCUT2D eigenvalue weighted by atomic mass is 10.0. The molecule has 5 atom stereocenters. The average molecular weight is 198 g/mol. The van der Waals surface area contributed by atoms with Crippen LogP contribution in [0.5, 0.6) is 0 Å². The number of ether oxygens (including phenoxy) is 1. The molecule has 1 rings (SSSR count). The van der Waals surface area contributed by atoms with Crippen molar-refractivity contribution in [2.75, 3.05) is 6.61 Å². The summed E-state index contributed by atoms with van der Waals surface area (Å²) < 4.78 is 17.6. The fourth-order valence-corrected chi connectivity index (χ4v) is 1.40. The summed E-state index contributed by atoms with van der Waals surface area (Å²) in [7, 11) is 0. The topological polar surface area (TPSA) is 69.9 Å². The quantitative estimate of drug-likeness (QED) is 0.395. The Hall–Kier alpha value is 0.120. The van der Waals surface area contributed by atoms with Gasteiger partial charge in [-0.05, 0) is 0 Å². The number of hydrogen-bond acceptors (Lipinski definition) is 5. The lowest BCUT2D eigenvalue weighted by molar-refractivity contribution is -0.188. The number of halogens is 1. The van der Waals surface area contributed by atoms with E-state index in [1.165, 1.54) is 0 Å². The minimum Gasteiger partial charge on any atom is -0.394 e. The van der Waals surface area contributed by atoms with Gasteiger partial charge in [0.25, 0.3) is 0 Å². The number of aliphatic hydroxyl groups excluding tert-OH is 3. The predicted octanol–water partition coefficient (Wildman–Crippen LogP) is -1.31. The summed E-state index contributed by atoms with van der Waals surface area (Å²) in [6.45, 7) is -0.470. The molecule has 0 aromatic carbocycles. The number of hydrogen-bond donors (Lipinski definition) is 4. The molecule has 1 heterocycles. The van der Waals surface area contributed by atoms with Gasteiger partial charge < -0.3 is 20.1 Å². The molecule has 1 aliphatic rings. The summed E-state index contributed by atoms with van der Waals surface area (Å²) in [5.41, 5.74) is -1.10. The number of alkyl halides is 1. The van der Waals surface area contributed by atoms with E-state index in [9.17, 15) is 4.39 Å². The maximum atomic E-state index is 12.8. The summed E-state index contributed by atoms with van der Waals surface area (Å²) in [5, 5.41) is 26.8. The van der Waals surface area contributed by atoms with Crippen molar-refractivity contribution in [3.8, 4) is 0 Å². The monoisotopic (exact) mass is 198 g/mol. The van der Waals surface area contributed by atoms with Gasteiger partial charge in [-0.1, -0.05) is 0 Å². The molecule has 1 saturated heterocycles. The van der Waals surface area contributed by atoms with Gasteiger partial charge in [-0.15, -0.1) is 12.6 Å². The Labute approximate surface area is 74.4 Å². The maximum absolute atomic E-state index is 12.8. The third-order valence-corrected chi connectivity index (χ3v) is 2.23. The number of aliphatic hydroxyl groups is 3. The van der Waals surface area contributed by atoms with E-state index in [0.717, 1.165) is 0 Å². The SMILES string of the molecule is OC[C@H]1O[C@@H](S)[C@H](F)[C@@H](O)[C@@H]1O. The number of thiol groups is 1. The molecular weight excluding hydrogens is 187 g/mol. The van der Waals surface area contributed by atoms with Gasteiger partial charge in [0.15, 0.2) is 6.17 Å². The van der Waals surface area contributed by atoms with E-state index in [1.807, 2.05) is 0 Å². The minimum absolute atomic E-state index is 0.470. The lowest BCUT2D eigenvalue weighted by Crippen LogP contribution is -2.55. The van der Waals surface area contributed by atoms with Crippen molar-refractivity contribution < 1.29 is 24.4 Å². The molecule has 12 heavy (non-hydrogen) atoms. The molecule has 0 aromatic heterocycles. The summed E-state index contributed by atoms with van der Waals surface area (Å²) in [5.74, 6) is 0. The standard InChI is InChI=1S/C6H11FO4S/c7-3-5(10)4(9)2(1-8)11-6(3)12/h2-6,8-10,12H,1H2/t2-,3-,4-,5-,6+/m1/s1. The average Bonchev–Trinajstić information content (AvgIpc) is 2.08. The zero-order chi connectivity index (χ0) is 9.30. The Balaban J connectivity index is 2.63. The number of rotatable bonds is 1. The van der Waals surface area contributed by atoms with Crippen LogP contribution in [-0.4, -0.2) is 51.8 Å². The van der Waals surface area contributed by atoms with Crippen molar-refractivity contribution in [3.05, 3.63) is 0 Å². The van der Waals surface area contributed by atoms with Gasteiger partial charge in [-0.3, -0.25) is 0 Å². The van der Waals surface area contributed by atoms with Crippen molar-refractivity contribution >= 4 is 12.6 Å². The summed E-state index contributed by atoms with van der Waals surface area (Å²) in [4.78, 5) is 0. The van der Waals surface area contributed by atoms with Gasteiger partial charge in [-0.2, -0.15) is 0 Å². The first kappa shape index (κ1) is 10.2. The van der Waals surface area contributed by atoms with Crippen LogP contribution in [0.4, 0.5) is 4.39 Å². The Morgan fingerprint density at radius 2 is 1.92 bits per heavy atom. The summed E-state index contributed by atoms with van der Waals surface area (Å²) in [6.07, 6.45) is -5.63. The Morgan fingerprint density at radius 3 is 2.42 bits per heavy atom.